The molecular formula is C16H13FN4O. The predicted molar refractivity (Wildman–Crippen MR) is 80.1 cm³/mol. The van der Waals surface area contributed by atoms with E-state index < -0.39 is 0 Å². The minimum atomic E-state index is -0.346. The van der Waals surface area contributed by atoms with Crippen molar-refractivity contribution in [3.05, 3.63) is 72.4 Å². The van der Waals surface area contributed by atoms with Gasteiger partial charge >= 0.3 is 0 Å². The Labute approximate surface area is 126 Å². The van der Waals surface area contributed by atoms with Gasteiger partial charge in [-0.1, -0.05) is 12.1 Å². The molecule has 2 heterocycles. The van der Waals surface area contributed by atoms with E-state index in [4.69, 9.17) is 4.74 Å². The maximum absolute atomic E-state index is 13.1. The Hall–Kier alpha value is -3.02. The largest absolute Gasteiger partial charge is 0.439 e. The van der Waals surface area contributed by atoms with Crippen molar-refractivity contribution in [2.45, 2.75) is 6.54 Å². The number of rotatable bonds is 5. The van der Waals surface area contributed by atoms with Gasteiger partial charge in [0, 0.05) is 37.3 Å². The first-order valence-corrected chi connectivity index (χ1v) is 6.69. The van der Waals surface area contributed by atoms with Gasteiger partial charge in [0.1, 0.15) is 11.6 Å². The molecule has 0 aliphatic heterocycles. The molecule has 0 aliphatic rings. The summed E-state index contributed by atoms with van der Waals surface area (Å²) in [6, 6.07) is 11.3. The Bertz CT molecular complexity index is 735. The molecule has 0 bridgehead atoms. The molecule has 110 valence electrons. The van der Waals surface area contributed by atoms with E-state index in [1.807, 2.05) is 6.07 Å². The van der Waals surface area contributed by atoms with Crippen LogP contribution in [-0.2, 0) is 6.54 Å². The summed E-state index contributed by atoms with van der Waals surface area (Å²) in [5.74, 6) is 1.03. The molecule has 1 N–H and O–H groups in total. The van der Waals surface area contributed by atoms with Gasteiger partial charge in [0.2, 0.25) is 11.8 Å². The SMILES string of the molecule is Fc1cccc(Oc2ccc(CNc3ncccn3)cn2)c1. The van der Waals surface area contributed by atoms with E-state index in [9.17, 15) is 4.39 Å². The molecule has 3 rings (SSSR count). The summed E-state index contributed by atoms with van der Waals surface area (Å²) in [4.78, 5) is 12.3. The molecule has 22 heavy (non-hydrogen) atoms. The molecule has 0 fully saturated rings. The predicted octanol–water partition coefficient (Wildman–Crippen LogP) is 3.42. The quantitative estimate of drug-likeness (QED) is 0.781. The van der Waals surface area contributed by atoms with Crippen molar-refractivity contribution < 1.29 is 9.13 Å². The highest BCUT2D eigenvalue weighted by Gasteiger charge is 2.01. The lowest BCUT2D eigenvalue weighted by Gasteiger charge is -2.07. The van der Waals surface area contributed by atoms with E-state index in [0.29, 0.717) is 24.1 Å². The van der Waals surface area contributed by atoms with Crippen LogP contribution in [-0.4, -0.2) is 15.0 Å². The Morgan fingerprint density at radius 1 is 1.00 bits per heavy atom. The number of halogens is 1. The second kappa shape index (κ2) is 6.62. The molecule has 0 aliphatic carbocycles. The average molecular weight is 296 g/mol. The van der Waals surface area contributed by atoms with Gasteiger partial charge < -0.3 is 10.1 Å². The molecule has 1 aromatic carbocycles. The van der Waals surface area contributed by atoms with Crippen LogP contribution in [0.5, 0.6) is 11.6 Å². The van der Waals surface area contributed by atoms with Gasteiger partial charge in [0.05, 0.1) is 0 Å². The molecule has 2 aromatic heterocycles. The highest BCUT2D eigenvalue weighted by atomic mass is 19.1. The molecule has 0 saturated heterocycles. The molecule has 3 aromatic rings. The van der Waals surface area contributed by atoms with Crippen LogP contribution in [0, 0.1) is 5.82 Å². The van der Waals surface area contributed by atoms with Crippen molar-refractivity contribution in [3.63, 3.8) is 0 Å². The lowest BCUT2D eigenvalue weighted by Crippen LogP contribution is -2.03. The van der Waals surface area contributed by atoms with Crippen LogP contribution in [0.3, 0.4) is 0 Å². The minimum Gasteiger partial charge on any atom is -0.439 e. The fraction of sp³-hybridized carbons (Fsp3) is 0.0625. The first-order chi connectivity index (χ1) is 10.8. The summed E-state index contributed by atoms with van der Waals surface area (Å²) in [5.41, 5.74) is 0.957. The van der Waals surface area contributed by atoms with Gasteiger partial charge in [-0.3, -0.25) is 0 Å². The van der Waals surface area contributed by atoms with Gasteiger partial charge in [-0.25, -0.2) is 19.3 Å². The third-order valence-corrected chi connectivity index (χ3v) is 2.83. The topological polar surface area (TPSA) is 59.9 Å². The van der Waals surface area contributed by atoms with Crippen LogP contribution < -0.4 is 10.1 Å². The maximum Gasteiger partial charge on any atom is 0.222 e. The van der Waals surface area contributed by atoms with Gasteiger partial charge in [0.25, 0.3) is 0 Å². The molecule has 0 spiro atoms. The van der Waals surface area contributed by atoms with Crippen molar-refractivity contribution in [2.75, 3.05) is 5.32 Å². The van der Waals surface area contributed by atoms with Crippen molar-refractivity contribution in [1.82, 2.24) is 15.0 Å². The number of aromatic nitrogens is 3. The second-order valence-corrected chi connectivity index (χ2v) is 4.49. The fourth-order valence-corrected chi connectivity index (χ4v) is 1.80. The lowest BCUT2D eigenvalue weighted by atomic mass is 10.3. The van der Waals surface area contributed by atoms with Crippen molar-refractivity contribution in [2.24, 2.45) is 0 Å². The lowest BCUT2D eigenvalue weighted by molar-refractivity contribution is 0.458. The number of nitrogens with zero attached hydrogens (tertiary/aromatic N) is 3. The van der Waals surface area contributed by atoms with E-state index >= 15 is 0 Å². The first-order valence-electron chi connectivity index (χ1n) is 6.69. The minimum absolute atomic E-state index is 0.346. The summed E-state index contributed by atoms with van der Waals surface area (Å²) >= 11 is 0. The third kappa shape index (κ3) is 3.76. The van der Waals surface area contributed by atoms with Crippen LogP contribution in [0.15, 0.2) is 61.1 Å². The Morgan fingerprint density at radius 2 is 1.86 bits per heavy atom. The Morgan fingerprint density at radius 3 is 2.59 bits per heavy atom. The smallest absolute Gasteiger partial charge is 0.222 e. The Balaban J connectivity index is 1.60. The highest BCUT2D eigenvalue weighted by molar-refractivity contribution is 5.30. The molecule has 0 amide bonds. The monoisotopic (exact) mass is 296 g/mol. The van der Waals surface area contributed by atoms with Crippen molar-refractivity contribution >= 4 is 5.95 Å². The Kier molecular flexibility index (Phi) is 4.20. The van der Waals surface area contributed by atoms with Gasteiger partial charge in [-0.2, -0.15) is 0 Å². The molecule has 0 radical (unpaired) electrons. The highest BCUT2D eigenvalue weighted by Crippen LogP contribution is 2.20. The van der Waals surface area contributed by atoms with Gasteiger partial charge in [0.15, 0.2) is 0 Å². The molecule has 5 nitrogen and oxygen atoms in total. The molecule has 0 atom stereocenters. The van der Waals surface area contributed by atoms with E-state index in [1.54, 1.807) is 42.9 Å². The third-order valence-electron chi connectivity index (χ3n) is 2.83. The van der Waals surface area contributed by atoms with Crippen LogP contribution >= 0.6 is 0 Å². The summed E-state index contributed by atoms with van der Waals surface area (Å²) in [7, 11) is 0. The van der Waals surface area contributed by atoms with Crippen LogP contribution in [0.4, 0.5) is 10.3 Å². The summed E-state index contributed by atoms with van der Waals surface area (Å²) in [5, 5.41) is 3.08. The van der Waals surface area contributed by atoms with Crippen LogP contribution in [0.1, 0.15) is 5.56 Å². The first kappa shape index (κ1) is 13.9. The number of anilines is 1. The van der Waals surface area contributed by atoms with Crippen molar-refractivity contribution in [1.29, 1.82) is 0 Å². The zero-order valence-electron chi connectivity index (χ0n) is 11.6. The van der Waals surface area contributed by atoms with E-state index in [1.165, 1.54) is 12.1 Å². The molecule has 0 unspecified atom stereocenters. The summed E-state index contributed by atoms with van der Waals surface area (Å²) in [6.45, 7) is 0.553. The number of hydrogen-bond acceptors (Lipinski definition) is 5. The average Bonchev–Trinajstić information content (AvgIpc) is 2.55. The number of benzene rings is 1. The number of hydrogen-bond donors (Lipinski definition) is 1. The van der Waals surface area contributed by atoms with E-state index in [0.717, 1.165) is 5.56 Å². The number of pyridine rings is 1. The summed E-state index contributed by atoms with van der Waals surface area (Å²) < 4.78 is 18.6. The maximum atomic E-state index is 13.1. The van der Waals surface area contributed by atoms with Gasteiger partial charge in [-0.15, -0.1) is 0 Å². The normalized spacial score (nSPS) is 10.2. The van der Waals surface area contributed by atoms with Gasteiger partial charge in [-0.05, 0) is 23.8 Å². The van der Waals surface area contributed by atoms with Crippen molar-refractivity contribution in [3.8, 4) is 11.6 Å². The zero-order chi connectivity index (χ0) is 15.2. The summed E-state index contributed by atoms with van der Waals surface area (Å²) in [6.07, 6.45) is 5.03. The molecule has 6 heteroatoms. The number of nitrogens with one attached hydrogen (secondary N) is 1. The zero-order valence-corrected chi connectivity index (χ0v) is 11.6. The second-order valence-electron chi connectivity index (χ2n) is 4.49. The standard InChI is InChI=1S/C16H13FN4O/c17-13-3-1-4-14(9-13)22-15-6-5-12(10-20-15)11-21-16-18-7-2-8-19-16/h1-10H,11H2,(H,18,19,21). The number of ether oxygens (including phenoxy) is 1. The molecular weight excluding hydrogens is 283 g/mol. The van der Waals surface area contributed by atoms with Crippen LogP contribution in [0.25, 0.3) is 0 Å². The van der Waals surface area contributed by atoms with Crippen LogP contribution in [0.2, 0.25) is 0 Å². The fourth-order valence-electron chi connectivity index (χ4n) is 1.80. The van der Waals surface area contributed by atoms with E-state index in [-0.39, 0.29) is 5.82 Å². The molecule has 0 saturated carbocycles. The van der Waals surface area contributed by atoms with E-state index in [2.05, 4.69) is 20.3 Å².